The molecule has 9 nitrogen and oxygen atoms in total. The third kappa shape index (κ3) is 5.38. The molecular weight excluding hydrogens is 450 g/mol. The molecule has 9 heteroatoms. The van der Waals surface area contributed by atoms with Gasteiger partial charge in [0.15, 0.2) is 0 Å². The van der Waals surface area contributed by atoms with E-state index < -0.39 is 11.9 Å². The first-order chi connectivity index (χ1) is 16.9. The zero-order chi connectivity index (χ0) is 24.9. The molecule has 0 saturated heterocycles. The van der Waals surface area contributed by atoms with Gasteiger partial charge in [0, 0.05) is 29.5 Å². The number of esters is 1. The van der Waals surface area contributed by atoms with E-state index in [4.69, 9.17) is 19.1 Å². The van der Waals surface area contributed by atoms with Crippen LogP contribution >= 0.6 is 0 Å². The summed E-state index contributed by atoms with van der Waals surface area (Å²) in [7, 11) is 0. The zero-order valence-corrected chi connectivity index (χ0v) is 19.3. The lowest BCUT2D eigenvalue weighted by molar-refractivity contribution is -0.138. The summed E-state index contributed by atoms with van der Waals surface area (Å²) in [4.78, 5) is 27.3. The first-order valence-corrected chi connectivity index (χ1v) is 11.2. The second-order valence-electron chi connectivity index (χ2n) is 8.24. The Morgan fingerprint density at radius 2 is 2.00 bits per heavy atom. The van der Waals surface area contributed by atoms with Gasteiger partial charge in [-0.25, -0.2) is 0 Å². The van der Waals surface area contributed by atoms with Crippen LogP contribution in [0.4, 0.5) is 0 Å². The van der Waals surface area contributed by atoms with Gasteiger partial charge in [-0.3, -0.25) is 9.59 Å². The quantitative estimate of drug-likeness (QED) is 0.436. The Morgan fingerprint density at radius 3 is 2.74 bits per heavy atom. The van der Waals surface area contributed by atoms with Gasteiger partial charge < -0.3 is 19.1 Å². The second-order valence-corrected chi connectivity index (χ2v) is 8.24. The zero-order valence-electron chi connectivity index (χ0n) is 19.3. The summed E-state index contributed by atoms with van der Waals surface area (Å²) < 4.78 is 16.6. The molecule has 0 aliphatic heterocycles. The topological polar surface area (TPSA) is 136 Å². The number of hydrogen-bond donors (Lipinski definition) is 1. The molecular formula is C26H23N3O6. The molecule has 2 aromatic carbocycles. The molecule has 0 saturated carbocycles. The number of hydrogen-bond acceptors (Lipinski definition) is 8. The number of carbonyl (C=O) groups excluding carboxylic acids is 1. The molecule has 1 aliphatic rings. The van der Waals surface area contributed by atoms with Crippen LogP contribution in [-0.4, -0.2) is 33.3 Å². The molecule has 1 heterocycles. The number of carboxylic acids is 1. The Labute approximate surface area is 201 Å². The van der Waals surface area contributed by atoms with Crippen molar-refractivity contribution in [2.24, 2.45) is 0 Å². The first kappa shape index (κ1) is 23.7. The Kier molecular flexibility index (Phi) is 6.92. The minimum absolute atomic E-state index is 0.0263. The van der Waals surface area contributed by atoms with Crippen molar-refractivity contribution in [3.63, 3.8) is 0 Å². The molecule has 0 fully saturated rings. The van der Waals surface area contributed by atoms with Crippen LogP contribution in [0.3, 0.4) is 0 Å². The van der Waals surface area contributed by atoms with Gasteiger partial charge in [0.05, 0.1) is 11.7 Å². The van der Waals surface area contributed by atoms with Crippen molar-refractivity contribution in [2.45, 2.75) is 45.6 Å². The number of allylic oxidation sites excluding steroid dienone is 1. The number of carbonyl (C=O) groups is 2. The lowest BCUT2D eigenvalue weighted by atomic mass is 10.0. The number of nitriles is 1. The molecule has 1 aromatic heterocycles. The molecule has 4 rings (SSSR count). The van der Waals surface area contributed by atoms with Crippen LogP contribution in [-0.2, 0) is 20.7 Å². The Balaban J connectivity index is 1.53. The molecule has 0 radical (unpaired) electrons. The maximum atomic E-state index is 12.1. The normalized spacial score (nSPS) is 12.1. The van der Waals surface area contributed by atoms with Gasteiger partial charge >= 0.3 is 11.9 Å². The van der Waals surface area contributed by atoms with E-state index in [0.29, 0.717) is 34.9 Å². The van der Waals surface area contributed by atoms with Crippen LogP contribution in [0.15, 0.2) is 47.0 Å². The predicted octanol–water partition coefficient (Wildman–Crippen LogP) is 4.76. The number of ether oxygens (including phenoxy) is 2. The Morgan fingerprint density at radius 1 is 1.20 bits per heavy atom. The molecule has 0 bridgehead atoms. The Hall–Kier alpha value is -4.45. The summed E-state index contributed by atoms with van der Waals surface area (Å²) in [5.74, 6) is 0.140. The molecule has 1 aliphatic carbocycles. The molecule has 0 atom stereocenters. The van der Waals surface area contributed by atoms with Crippen LogP contribution in [0, 0.1) is 11.3 Å². The number of fused-ring (bicyclic) bond motifs is 1. The van der Waals surface area contributed by atoms with Crippen molar-refractivity contribution >= 4 is 17.7 Å². The monoisotopic (exact) mass is 473 g/mol. The fourth-order valence-corrected chi connectivity index (χ4v) is 3.76. The molecule has 1 N–H and O–H groups in total. The highest BCUT2D eigenvalue weighted by Crippen LogP contribution is 2.36. The van der Waals surface area contributed by atoms with Crippen molar-refractivity contribution in [3.8, 4) is 34.7 Å². The van der Waals surface area contributed by atoms with E-state index in [1.165, 1.54) is 0 Å². The van der Waals surface area contributed by atoms with Crippen molar-refractivity contribution < 1.29 is 28.7 Å². The fraction of sp³-hybridized carbons (Fsp3) is 0.269. The van der Waals surface area contributed by atoms with Gasteiger partial charge in [-0.2, -0.15) is 10.2 Å². The van der Waals surface area contributed by atoms with Gasteiger partial charge in [0.1, 0.15) is 17.6 Å². The van der Waals surface area contributed by atoms with Crippen LogP contribution in [0.1, 0.15) is 49.8 Å². The smallest absolute Gasteiger partial charge is 0.311 e. The van der Waals surface area contributed by atoms with E-state index in [0.717, 1.165) is 16.7 Å². The highest BCUT2D eigenvalue weighted by molar-refractivity contribution is 5.83. The lowest BCUT2D eigenvalue weighted by Gasteiger charge is -2.11. The molecule has 35 heavy (non-hydrogen) atoms. The number of aliphatic carboxylic acids is 1. The summed E-state index contributed by atoms with van der Waals surface area (Å²) in [6, 6.07) is 12.8. The van der Waals surface area contributed by atoms with Crippen molar-refractivity contribution in [1.29, 1.82) is 5.26 Å². The largest absolute Gasteiger partial charge is 0.490 e. The van der Waals surface area contributed by atoms with Gasteiger partial charge in [0.25, 0.3) is 5.89 Å². The van der Waals surface area contributed by atoms with Crippen LogP contribution in [0.5, 0.6) is 5.75 Å². The highest BCUT2D eigenvalue weighted by Gasteiger charge is 2.24. The van der Waals surface area contributed by atoms with Crippen LogP contribution < -0.4 is 4.74 Å². The standard InChI is InChI=1S/C26H23N3O6/c1-15(2)33-21-11-9-16(13-17(21)14-27)26-28-25(29-35-26)20-6-3-5-19-18(20)10-12-22(19)34-24(32)8-4-7-23(30)31/h3,5-6,9,11-13,15H,4,7-8,10H2,1-2H3,(H,30,31). The molecule has 0 unspecified atom stereocenters. The third-order valence-corrected chi connectivity index (χ3v) is 5.30. The van der Waals surface area contributed by atoms with E-state index in [9.17, 15) is 14.9 Å². The Bertz CT molecular complexity index is 1350. The molecule has 178 valence electrons. The average Bonchev–Trinajstić information content (AvgIpc) is 3.46. The molecule has 0 amide bonds. The van der Waals surface area contributed by atoms with Gasteiger partial charge in [-0.05, 0) is 56.5 Å². The summed E-state index contributed by atoms with van der Waals surface area (Å²) in [5, 5.41) is 22.3. The number of aromatic nitrogens is 2. The summed E-state index contributed by atoms with van der Waals surface area (Å²) in [5.41, 5.74) is 3.36. The number of benzene rings is 2. The maximum Gasteiger partial charge on any atom is 0.311 e. The number of nitrogens with zero attached hydrogens (tertiary/aromatic N) is 3. The lowest BCUT2D eigenvalue weighted by Crippen LogP contribution is -2.06. The maximum absolute atomic E-state index is 12.1. The number of rotatable bonds is 9. The minimum atomic E-state index is -0.948. The SMILES string of the molecule is CC(C)Oc1ccc(-c2nc(-c3cccc4c3CC=C4OC(=O)CCCC(=O)O)no2)cc1C#N. The van der Waals surface area contributed by atoms with Gasteiger partial charge in [-0.1, -0.05) is 23.4 Å². The second kappa shape index (κ2) is 10.2. The summed E-state index contributed by atoms with van der Waals surface area (Å²) in [6.07, 6.45) is 2.42. The summed E-state index contributed by atoms with van der Waals surface area (Å²) in [6.45, 7) is 3.77. The average molecular weight is 473 g/mol. The third-order valence-electron chi connectivity index (χ3n) is 5.30. The molecule has 0 spiro atoms. The van der Waals surface area contributed by atoms with Crippen molar-refractivity contribution in [3.05, 3.63) is 59.2 Å². The van der Waals surface area contributed by atoms with E-state index in [2.05, 4.69) is 16.2 Å². The van der Waals surface area contributed by atoms with Crippen LogP contribution in [0.25, 0.3) is 28.6 Å². The predicted molar refractivity (Wildman–Crippen MR) is 125 cm³/mol. The van der Waals surface area contributed by atoms with Gasteiger partial charge in [-0.15, -0.1) is 0 Å². The van der Waals surface area contributed by atoms with Gasteiger partial charge in [0.2, 0.25) is 5.82 Å². The highest BCUT2D eigenvalue weighted by atomic mass is 16.5. The summed E-state index contributed by atoms with van der Waals surface area (Å²) >= 11 is 0. The number of carboxylic acid groups (broad SMARTS) is 1. The van der Waals surface area contributed by atoms with E-state index in [1.807, 2.05) is 32.0 Å². The van der Waals surface area contributed by atoms with Crippen molar-refractivity contribution in [2.75, 3.05) is 0 Å². The first-order valence-electron chi connectivity index (χ1n) is 11.2. The van der Waals surface area contributed by atoms with Crippen molar-refractivity contribution in [1.82, 2.24) is 10.1 Å². The van der Waals surface area contributed by atoms with E-state index in [1.54, 1.807) is 24.3 Å². The minimum Gasteiger partial charge on any atom is -0.490 e. The van der Waals surface area contributed by atoms with Crippen LogP contribution in [0.2, 0.25) is 0 Å². The van der Waals surface area contributed by atoms with E-state index in [-0.39, 0.29) is 31.3 Å². The van der Waals surface area contributed by atoms with E-state index >= 15 is 0 Å². The fourth-order valence-electron chi connectivity index (χ4n) is 3.76. The molecule has 3 aromatic rings.